The minimum Gasteiger partial charge on any atom is -0.369 e. The lowest BCUT2D eigenvalue weighted by Crippen LogP contribution is -2.50. The average Bonchev–Trinajstić information content (AvgIpc) is 3.39. The molecule has 1 aliphatic heterocycles. The molecule has 1 saturated carbocycles. The van der Waals surface area contributed by atoms with E-state index in [-0.39, 0.29) is 11.8 Å². The van der Waals surface area contributed by atoms with Crippen molar-refractivity contribution in [2.24, 2.45) is 23.5 Å². The molecule has 2 aliphatic rings. The van der Waals surface area contributed by atoms with Crippen molar-refractivity contribution in [1.29, 1.82) is 0 Å². The summed E-state index contributed by atoms with van der Waals surface area (Å²) in [5, 5.41) is 3.10. The van der Waals surface area contributed by atoms with Gasteiger partial charge in [0.1, 0.15) is 6.04 Å². The summed E-state index contributed by atoms with van der Waals surface area (Å²) < 4.78 is 0. The SMILES string of the molecule is CCCC(C(N)=O)C(CC1CCCC1)C(=O)N[C@H]1CCCCN(Cc2cccc(-c3ccc(C)cc3)c2)C1=O. The van der Waals surface area contributed by atoms with Crippen LogP contribution in [0.4, 0.5) is 0 Å². The molecule has 2 fully saturated rings. The van der Waals surface area contributed by atoms with Gasteiger partial charge in [0.2, 0.25) is 17.7 Å². The van der Waals surface area contributed by atoms with E-state index < -0.39 is 23.8 Å². The van der Waals surface area contributed by atoms with Gasteiger partial charge in [0.15, 0.2) is 0 Å². The predicted octanol–water partition coefficient (Wildman–Crippen LogP) is 5.76. The highest BCUT2D eigenvalue weighted by atomic mass is 16.2. The number of likely N-dealkylation sites (tertiary alicyclic amines) is 1. The van der Waals surface area contributed by atoms with E-state index in [0.717, 1.165) is 48.8 Å². The van der Waals surface area contributed by atoms with Crippen molar-refractivity contribution in [3.63, 3.8) is 0 Å². The summed E-state index contributed by atoms with van der Waals surface area (Å²) in [7, 11) is 0. The van der Waals surface area contributed by atoms with Gasteiger partial charge in [-0.15, -0.1) is 0 Å². The van der Waals surface area contributed by atoms with Gasteiger partial charge in [-0.05, 0) is 67.7 Å². The zero-order chi connectivity index (χ0) is 27.8. The third-order valence-electron chi connectivity index (χ3n) is 8.63. The summed E-state index contributed by atoms with van der Waals surface area (Å²) in [4.78, 5) is 41.6. The molecule has 3 amide bonds. The van der Waals surface area contributed by atoms with Crippen molar-refractivity contribution in [2.75, 3.05) is 6.54 Å². The van der Waals surface area contributed by atoms with E-state index in [9.17, 15) is 14.4 Å². The Bertz CT molecular complexity index is 1120. The molecule has 1 heterocycles. The first kappa shape index (κ1) is 28.8. The van der Waals surface area contributed by atoms with Gasteiger partial charge in [0.05, 0.1) is 0 Å². The summed E-state index contributed by atoms with van der Waals surface area (Å²) in [6.45, 7) is 5.28. The number of hydrogen-bond donors (Lipinski definition) is 2. The zero-order valence-electron chi connectivity index (χ0n) is 23.7. The molecule has 1 aliphatic carbocycles. The maximum atomic E-state index is 13.7. The third kappa shape index (κ3) is 7.71. The molecule has 0 spiro atoms. The monoisotopic (exact) mass is 531 g/mol. The van der Waals surface area contributed by atoms with Gasteiger partial charge < -0.3 is 16.0 Å². The van der Waals surface area contributed by atoms with E-state index in [1.165, 1.54) is 18.4 Å². The van der Waals surface area contributed by atoms with Crippen LogP contribution in [0, 0.1) is 24.7 Å². The van der Waals surface area contributed by atoms with E-state index in [1.54, 1.807) is 0 Å². The van der Waals surface area contributed by atoms with Crippen LogP contribution in [0.5, 0.6) is 0 Å². The van der Waals surface area contributed by atoms with Gasteiger partial charge in [-0.3, -0.25) is 14.4 Å². The lowest BCUT2D eigenvalue weighted by atomic mass is 9.80. The molecule has 2 unspecified atom stereocenters. The summed E-state index contributed by atoms with van der Waals surface area (Å²) >= 11 is 0. The maximum Gasteiger partial charge on any atom is 0.245 e. The molecule has 4 rings (SSSR count). The number of nitrogens with one attached hydrogen (secondary N) is 1. The number of nitrogens with zero attached hydrogens (tertiary/aromatic N) is 1. The van der Waals surface area contributed by atoms with Gasteiger partial charge in [-0.2, -0.15) is 0 Å². The molecule has 2 aromatic rings. The smallest absolute Gasteiger partial charge is 0.245 e. The lowest BCUT2D eigenvalue weighted by molar-refractivity contribution is -0.139. The van der Waals surface area contributed by atoms with Gasteiger partial charge in [-0.25, -0.2) is 0 Å². The standard InChI is InChI=1S/C33H45N3O3/c1-3-9-28(31(34)37)29(21-24-10-4-5-11-24)32(38)35-30-14-6-7-19-36(33(30)39)22-25-12-8-13-27(20-25)26-17-15-23(2)16-18-26/h8,12-13,15-18,20,24,28-30H,3-7,9-11,14,19,21-22H2,1-2H3,(H2,34,37)(H,35,38)/t28?,29?,30-/m0/s1. The van der Waals surface area contributed by atoms with Gasteiger partial charge in [0.25, 0.3) is 0 Å². The predicted molar refractivity (Wildman–Crippen MR) is 155 cm³/mol. The minimum atomic E-state index is -0.568. The highest BCUT2D eigenvalue weighted by molar-refractivity contribution is 5.91. The second-order valence-corrected chi connectivity index (χ2v) is 11.7. The van der Waals surface area contributed by atoms with Crippen LogP contribution in [0.2, 0.25) is 0 Å². The molecule has 0 aromatic heterocycles. The first-order valence-electron chi connectivity index (χ1n) is 14.9. The van der Waals surface area contributed by atoms with Crippen LogP contribution in [0.1, 0.15) is 82.3 Å². The van der Waals surface area contributed by atoms with Crippen LogP contribution in [-0.2, 0) is 20.9 Å². The summed E-state index contributed by atoms with van der Waals surface area (Å²) in [6.07, 6.45) is 9.01. The Morgan fingerprint density at radius 2 is 1.69 bits per heavy atom. The second kappa shape index (κ2) is 13.8. The Hall–Kier alpha value is -3.15. The van der Waals surface area contributed by atoms with Crippen LogP contribution in [0.15, 0.2) is 48.5 Å². The topological polar surface area (TPSA) is 92.5 Å². The van der Waals surface area contributed by atoms with Crippen molar-refractivity contribution in [2.45, 2.75) is 90.6 Å². The molecular formula is C33H45N3O3. The molecule has 39 heavy (non-hydrogen) atoms. The first-order chi connectivity index (χ1) is 18.9. The maximum absolute atomic E-state index is 13.7. The zero-order valence-corrected chi connectivity index (χ0v) is 23.7. The van der Waals surface area contributed by atoms with Gasteiger partial charge in [-0.1, -0.05) is 87.1 Å². The van der Waals surface area contributed by atoms with Crippen molar-refractivity contribution < 1.29 is 14.4 Å². The molecule has 6 heteroatoms. The average molecular weight is 532 g/mol. The number of primary amides is 1. The molecule has 6 nitrogen and oxygen atoms in total. The fourth-order valence-electron chi connectivity index (χ4n) is 6.40. The second-order valence-electron chi connectivity index (χ2n) is 11.7. The van der Waals surface area contributed by atoms with Crippen LogP contribution >= 0.6 is 0 Å². The van der Waals surface area contributed by atoms with Gasteiger partial charge in [0, 0.05) is 24.9 Å². The Labute approximate surface area is 233 Å². The normalized spacial score (nSPS) is 19.9. The Morgan fingerprint density at radius 1 is 0.974 bits per heavy atom. The molecular weight excluding hydrogens is 486 g/mol. The Kier molecular flexibility index (Phi) is 10.2. The van der Waals surface area contributed by atoms with E-state index in [4.69, 9.17) is 5.73 Å². The highest BCUT2D eigenvalue weighted by Gasteiger charge is 2.37. The minimum absolute atomic E-state index is 0.0349. The largest absolute Gasteiger partial charge is 0.369 e. The van der Waals surface area contributed by atoms with E-state index in [2.05, 4.69) is 54.7 Å². The van der Waals surface area contributed by atoms with Crippen molar-refractivity contribution in [1.82, 2.24) is 10.2 Å². The molecule has 0 bridgehead atoms. The molecule has 2 aromatic carbocycles. The highest BCUT2D eigenvalue weighted by Crippen LogP contribution is 2.34. The van der Waals surface area contributed by atoms with E-state index in [1.807, 2.05) is 17.9 Å². The van der Waals surface area contributed by atoms with Crippen molar-refractivity contribution >= 4 is 17.7 Å². The number of amides is 3. The van der Waals surface area contributed by atoms with Crippen LogP contribution in [0.25, 0.3) is 11.1 Å². The Morgan fingerprint density at radius 3 is 2.38 bits per heavy atom. The van der Waals surface area contributed by atoms with Crippen LogP contribution in [0.3, 0.4) is 0 Å². The summed E-state index contributed by atoms with van der Waals surface area (Å²) in [6, 6.07) is 16.2. The summed E-state index contributed by atoms with van der Waals surface area (Å²) in [5.74, 6) is -1.13. The van der Waals surface area contributed by atoms with Crippen LogP contribution in [-0.4, -0.2) is 35.2 Å². The van der Waals surface area contributed by atoms with E-state index in [0.29, 0.717) is 38.3 Å². The molecule has 3 atom stereocenters. The fraction of sp³-hybridized carbons (Fsp3) is 0.545. The van der Waals surface area contributed by atoms with Crippen molar-refractivity contribution in [3.8, 4) is 11.1 Å². The van der Waals surface area contributed by atoms with Gasteiger partial charge >= 0.3 is 0 Å². The number of carbonyl (C=O) groups excluding carboxylic acids is 3. The number of carbonyl (C=O) groups is 3. The molecule has 3 N–H and O–H groups in total. The number of benzene rings is 2. The number of hydrogen-bond acceptors (Lipinski definition) is 3. The van der Waals surface area contributed by atoms with E-state index >= 15 is 0 Å². The number of rotatable bonds is 11. The molecule has 0 radical (unpaired) electrons. The quantitative estimate of drug-likeness (QED) is 0.386. The fourth-order valence-corrected chi connectivity index (χ4v) is 6.40. The number of aryl methyl sites for hydroxylation is 1. The van der Waals surface area contributed by atoms with Crippen LogP contribution < -0.4 is 11.1 Å². The van der Waals surface area contributed by atoms with Crippen molar-refractivity contribution in [3.05, 3.63) is 59.7 Å². The molecule has 210 valence electrons. The third-order valence-corrected chi connectivity index (χ3v) is 8.63. The summed E-state index contributed by atoms with van der Waals surface area (Å²) in [5.41, 5.74) is 10.4. The Balaban J connectivity index is 1.47. The first-order valence-corrected chi connectivity index (χ1v) is 14.9. The number of nitrogens with two attached hydrogens (primary N) is 1. The lowest BCUT2D eigenvalue weighted by Gasteiger charge is -2.29. The molecule has 1 saturated heterocycles.